The molecular formula is C7H14N2O4. The fourth-order valence-electron chi connectivity index (χ4n) is 0.598. The van der Waals surface area contributed by atoms with Gasteiger partial charge in [0.1, 0.15) is 6.10 Å². The van der Waals surface area contributed by atoms with Crippen LogP contribution >= 0.6 is 0 Å². The molecule has 0 fully saturated rings. The number of aliphatic hydroxyl groups excluding tert-OH is 1. The number of carbonyl (C=O) groups excluding carboxylic acids is 2. The highest BCUT2D eigenvalue weighted by molar-refractivity contribution is 5.85. The zero-order valence-corrected chi connectivity index (χ0v) is 7.61. The molecule has 0 aromatic heterocycles. The summed E-state index contributed by atoms with van der Waals surface area (Å²) in [5.74, 6) is -1.97. The van der Waals surface area contributed by atoms with Crippen LogP contribution in [0.15, 0.2) is 0 Å². The van der Waals surface area contributed by atoms with E-state index >= 15 is 0 Å². The van der Waals surface area contributed by atoms with Gasteiger partial charge in [-0.3, -0.25) is 4.79 Å². The second-order valence-corrected chi connectivity index (χ2v) is 2.90. The summed E-state index contributed by atoms with van der Waals surface area (Å²) < 4.78 is 0. The van der Waals surface area contributed by atoms with Gasteiger partial charge in [0.15, 0.2) is 6.04 Å². The standard InChI is InChI=1S/C7H14N2O4/c1-3(7(12)13)9-6(11)5(8)4(2)10/h3-5,10H,8H2,1-2H3,(H,9,11)(H,12,13)/t3-,4+,5-/m0/s1. The minimum Gasteiger partial charge on any atom is -0.548 e. The van der Waals surface area contributed by atoms with Crippen LogP contribution < -0.4 is 16.2 Å². The summed E-state index contributed by atoms with van der Waals surface area (Å²) in [6, 6.07) is -1.95. The van der Waals surface area contributed by atoms with Gasteiger partial charge in [-0.2, -0.15) is 0 Å². The van der Waals surface area contributed by atoms with Crippen LogP contribution in [0.3, 0.4) is 0 Å². The van der Waals surface area contributed by atoms with Crippen molar-refractivity contribution in [1.82, 2.24) is 5.32 Å². The van der Waals surface area contributed by atoms with Crippen LogP contribution in [0, 0.1) is 0 Å². The fourth-order valence-corrected chi connectivity index (χ4v) is 0.598. The maximum atomic E-state index is 11.1. The third-order valence-corrected chi connectivity index (χ3v) is 1.63. The van der Waals surface area contributed by atoms with Gasteiger partial charge in [-0.25, -0.2) is 0 Å². The monoisotopic (exact) mass is 190 g/mol. The third kappa shape index (κ3) is 3.86. The maximum absolute atomic E-state index is 11.1. The Kier molecular flexibility index (Phi) is 4.36. The Hall–Kier alpha value is -1.14. The number of carboxylic acids is 1. The van der Waals surface area contributed by atoms with Crippen molar-refractivity contribution in [2.75, 3.05) is 0 Å². The van der Waals surface area contributed by atoms with Crippen molar-refractivity contribution in [3.63, 3.8) is 0 Å². The lowest BCUT2D eigenvalue weighted by Crippen LogP contribution is -2.72. The molecule has 0 saturated heterocycles. The summed E-state index contributed by atoms with van der Waals surface area (Å²) in [4.78, 5) is 21.3. The van der Waals surface area contributed by atoms with Crippen molar-refractivity contribution in [1.29, 1.82) is 0 Å². The number of carbonyl (C=O) groups is 2. The Morgan fingerprint density at radius 1 is 1.46 bits per heavy atom. The predicted molar refractivity (Wildman–Crippen MR) is 41.0 cm³/mol. The number of nitrogens with one attached hydrogen (secondary N) is 1. The fraction of sp³-hybridized carbons (Fsp3) is 0.714. The number of quaternary nitrogens is 1. The van der Waals surface area contributed by atoms with Gasteiger partial charge in [-0.15, -0.1) is 0 Å². The molecular weight excluding hydrogens is 176 g/mol. The lowest BCUT2D eigenvalue weighted by molar-refractivity contribution is -0.419. The zero-order valence-electron chi connectivity index (χ0n) is 7.61. The van der Waals surface area contributed by atoms with Crippen LogP contribution in [-0.2, 0) is 9.59 Å². The van der Waals surface area contributed by atoms with Crippen molar-refractivity contribution < 1.29 is 25.5 Å². The third-order valence-electron chi connectivity index (χ3n) is 1.63. The molecule has 0 aromatic carbocycles. The van der Waals surface area contributed by atoms with Crippen molar-refractivity contribution >= 4 is 11.9 Å². The average Bonchev–Trinajstić information content (AvgIpc) is 2.02. The van der Waals surface area contributed by atoms with E-state index in [1.807, 2.05) is 0 Å². The van der Waals surface area contributed by atoms with E-state index in [-0.39, 0.29) is 0 Å². The number of hydrogen-bond donors (Lipinski definition) is 3. The van der Waals surface area contributed by atoms with Gasteiger partial charge in [0.05, 0.1) is 12.0 Å². The average molecular weight is 190 g/mol. The van der Waals surface area contributed by atoms with E-state index in [1.165, 1.54) is 13.8 Å². The highest BCUT2D eigenvalue weighted by atomic mass is 16.4. The zero-order chi connectivity index (χ0) is 10.6. The van der Waals surface area contributed by atoms with Crippen molar-refractivity contribution in [3.8, 4) is 0 Å². The number of aliphatic hydroxyl groups is 1. The molecule has 3 atom stereocenters. The molecule has 0 rings (SSSR count). The first-order valence-corrected chi connectivity index (χ1v) is 3.88. The molecule has 0 radical (unpaired) electrons. The number of carboxylic acid groups (broad SMARTS) is 1. The van der Waals surface area contributed by atoms with Crippen molar-refractivity contribution in [2.45, 2.75) is 32.0 Å². The Labute approximate surface area is 75.7 Å². The highest BCUT2D eigenvalue weighted by Crippen LogP contribution is 1.87. The molecule has 5 N–H and O–H groups in total. The Morgan fingerprint density at radius 3 is 2.23 bits per heavy atom. The van der Waals surface area contributed by atoms with E-state index in [0.29, 0.717) is 0 Å². The summed E-state index contributed by atoms with van der Waals surface area (Å²) in [5, 5.41) is 21.3. The Balaban J connectivity index is 4.08. The minimum atomic E-state index is -1.37. The molecule has 1 amide bonds. The van der Waals surface area contributed by atoms with Crippen LogP contribution in [0.2, 0.25) is 0 Å². The number of aliphatic carboxylic acids is 1. The molecule has 0 aliphatic carbocycles. The molecule has 0 spiro atoms. The molecule has 0 heterocycles. The lowest BCUT2D eigenvalue weighted by atomic mass is 10.2. The Bertz CT molecular complexity index is 205. The molecule has 6 heteroatoms. The van der Waals surface area contributed by atoms with E-state index in [9.17, 15) is 14.7 Å². The van der Waals surface area contributed by atoms with Crippen LogP contribution in [0.25, 0.3) is 0 Å². The van der Waals surface area contributed by atoms with Crippen LogP contribution in [-0.4, -0.2) is 35.2 Å². The summed E-state index contributed by atoms with van der Waals surface area (Å²) in [5.41, 5.74) is 3.37. The second kappa shape index (κ2) is 4.78. The number of amides is 1. The highest BCUT2D eigenvalue weighted by Gasteiger charge is 2.23. The van der Waals surface area contributed by atoms with Crippen molar-refractivity contribution in [3.05, 3.63) is 0 Å². The molecule has 76 valence electrons. The van der Waals surface area contributed by atoms with Gasteiger partial charge in [0.2, 0.25) is 0 Å². The van der Waals surface area contributed by atoms with E-state index in [0.717, 1.165) is 0 Å². The minimum absolute atomic E-state index is 0.605. The number of rotatable bonds is 4. The first-order chi connectivity index (χ1) is 5.86. The van der Waals surface area contributed by atoms with Gasteiger partial charge in [-0.05, 0) is 13.8 Å². The van der Waals surface area contributed by atoms with Gasteiger partial charge in [0, 0.05) is 0 Å². The molecule has 13 heavy (non-hydrogen) atoms. The first-order valence-electron chi connectivity index (χ1n) is 3.88. The molecule has 0 unspecified atom stereocenters. The molecule has 0 aliphatic rings. The van der Waals surface area contributed by atoms with E-state index < -0.39 is 30.1 Å². The quantitative estimate of drug-likeness (QED) is 0.422. The van der Waals surface area contributed by atoms with E-state index in [4.69, 9.17) is 5.11 Å². The van der Waals surface area contributed by atoms with Gasteiger partial charge >= 0.3 is 0 Å². The smallest absolute Gasteiger partial charge is 0.281 e. The second-order valence-electron chi connectivity index (χ2n) is 2.90. The SMILES string of the molecule is C[C@H](NC(=O)[C@@H]([NH3+])[C@@H](C)O)C(=O)[O-]. The topological polar surface area (TPSA) is 117 Å². The van der Waals surface area contributed by atoms with Gasteiger partial charge in [-0.1, -0.05) is 0 Å². The molecule has 0 bridgehead atoms. The molecule has 6 nitrogen and oxygen atoms in total. The summed E-state index contributed by atoms with van der Waals surface area (Å²) >= 11 is 0. The van der Waals surface area contributed by atoms with Gasteiger partial charge < -0.3 is 26.1 Å². The largest absolute Gasteiger partial charge is 0.548 e. The van der Waals surface area contributed by atoms with Crippen LogP contribution in [0.1, 0.15) is 13.8 Å². The summed E-state index contributed by atoms with van der Waals surface area (Å²) in [7, 11) is 0. The summed E-state index contributed by atoms with van der Waals surface area (Å²) in [6.45, 7) is 2.68. The molecule has 0 aromatic rings. The maximum Gasteiger partial charge on any atom is 0.281 e. The summed E-state index contributed by atoms with van der Waals surface area (Å²) in [6.07, 6.45) is -0.908. The molecule has 0 saturated carbocycles. The lowest BCUT2D eigenvalue weighted by Gasteiger charge is -2.17. The van der Waals surface area contributed by atoms with E-state index in [2.05, 4.69) is 11.1 Å². The Morgan fingerprint density at radius 2 is 1.92 bits per heavy atom. The van der Waals surface area contributed by atoms with Gasteiger partial charge in [0.25, 0.3) is 5.91 Å². The van der Waals surface area contributed by atoms with E-state index in [1.54, 1.807) is 0 Å². The first kappa shape index (κ1) is 11.9. The van der Waals surface area contributed by atoms with Crippen LogP contribution in [0.4, 0.5) is 0 Å². The van der Waals surface area contributed by atoms with Crippen molar-refractivity contribution in [2.24, 2.45) is 0 Å². The van der Waals surface area contributed by atoms with Crippen LogP contribution in [0.5, 0.6) is 0 Å². The number of hydrogen-bond acceptors (Lipinski definition) is 4. The normalized spacial score (nSPS) is 17.2. The predicted octanol–water partition coefficient (Wildman–Crippen LogP) is -3.77. The molecule has 0 aliphatic heterocycles.